The Bertz CT molecular complexity index is 238. The average molecular weight is 215 g/mol. The number of aliphatic hydroxyl groups is 1. The number of hydrogen-bond acceptors (Lipinski definition) is 3. The van der Waals surface area contributed by atoms with Crippen LogP contribution < -0.4 is 0 Å². The molecule has 0 bridgehead atoms. The minimum Gasteiger partial charge on any atom is -0.481 e. The van der Waals surface area contributed by atoms with Crippen molar-refractivity contribution in [3.8, 4) is 0 Å². The fourth-order valence-electron chi connectivity index (χ4n) is 1.82. The van der Waals surface area contributed by atoms with Gasteiger partial charge in [-0.3, -0.25) is 4.79 Å². The highest BCUT2D eigenvalue weighted by Crippen LogP contribution is 2.24. The van der Waals surface area contributed by atoms with Crippen molar-refractivity contribution >= 4 is 5.97 Å². The zero-order chi connectivity index (χ0) is 11.7. The van der Waals surface area contributed by atoms with E-state index in [9.17, 15) is 9.90 Å². The summed E-state index contributed by atoms with van der Waals surface area (Å²) in [6.45, 7) is 7.43. The summed E-state index contributed by atoms with van der Waals surface area (Å²) >= 11 is 0. The SMILES string of the molecule is CC1(O)CCN(CC(C)(C)C(=O)O)CC1. The summed E-state index contributed by atoms with van der Waals surface area (Å²) in [4.78, 5) is 13.1. The van der Waals surface area contributed by atoms with E-state index in [0.717, 1.165) is 25.9 Å². The van der Waals surface area contributed by atoms with E-state index in [1.165, 1.54) is 0 Å². The molecule has 0 aliphatic carbocycles. The van der Waals surface area contributed by atoms with Crippen LogP contribution in [0.25, 0.3) is 0 Å². The van der Waals surface area contributed by atoms with E-state index < -0.39 is 17.0 Å². The molecule has 0 saturated carbocycles. The van der Waals surface area contributed by atoms with E-state index in [4.69, 9.17) is 5.11 Å². The third-order valence-electron chi connectivity index (χ3n) is 3.13. The molecule has 15 heavy (non-hydrogen) atoms. The van der Waals surface area contributed by atoms with Gasteiger partial charge in [0.2, 0.25) is 0 Å². The molecule has 0 aromatic heterocycles. The van der Waals surface area contributed by atoms with Crippen molar-refractivity contribution in [1.82, 2.24) is 4.90 Å². The van der Waals surface area contributed by atoms with Gasteiger partial charge in [-0.2, -0.15) is 0 Å². The first-order chi connectivity index (χ1) is 6.73. The van der Waals surface area contributed by atoms with Crippen molar-refractivity contribution in [2.45, 2.75) is 39.2 Å². The van der Waals surface area contributed by atoms with Crippen LogP contribution in [0.15, 0.2) is 0 Å². The van der Waals surface area contributed by atoms with Crippen LogP contribution in [-0.4, -0.2) is 46.3 Å². The number of likely N-dealkylation sites (tertiary alicyclic amines) is 1. The van der Waals surface area contributed by atoms with Crippen LogP contribution in [0.5, 0.6) is 0 Å². The maximum atomic E-state index is 10.9. The molecule has 0 aromatic rings. The number of piperidine rings is 1. The third-order valence-corrected chi connectivity index (χ3v) is 3.13. The normalized spacial score (nSPS) is 22.7. The molecule has 4 heteroatoms. The zero-order valence-electron chi connectivity index (χ0n) is 9.79. The average Bonchev–Trinajstić information content (AvgIpc) is 2.08. The number of carbonyl (C=O) groups is 1. The number of nitrogens with zero attached hydrogens (tertiary/aromatic N) is 1. The lowest BCUT2D eigenvalue weighted by Gasteiger charge is -2.38. The number of hydrogen-bond donors (Lipinski definition) is 2. The Kier molecular flexibility index (Phi) is 3.41. The molecular weight excluding hydrogens is 194 g/mol. The van der Waals surface area contributed by atoms with Gasteiger partial charge >= 0.3 is 5.97 Å². The van der Waals surface area contributed by atoms with Gasteiger partial charge in [0, 0.05) is 19.6 Å². The van der Waals surface area contributed by atoms with Crippen LogP contribution in [0.3, 0.4) is 0 Å². The first kappa shape index (κ1) is 12.5. The predicted molar refractivity (Wildman–Crippen MR) is 57.7 cm³/mol. The van der Waals surface area contributed by atoms with Crippen LogP contribution in [0.4, 0.5) is 0 Å². The maximum Gasteiger partial charge on any atom is 0.310 e. The summed E-state index contributed by atoms with van der Waals surface area (Å²) in [5.41, 5.74) is -1.27. The van der Waals surface area contributed by atoms with Gasteiger partial charge < -0.3 is 15.1 Å². The van der Waals surface area contributed by atoms with Crippen molar-refractivity contribution in [3.05, 3.63) is 0 Å². The molecule has 0 unspecified atom stereocenters. The molecule has 1 rings (SSSR count). The Labute approximate surface area is 90.9 Å². The van der Waals surface area contributed by atoms with Crippen LogP contribution in [0.1, 0.15) is 33.6 Å². The Morgan fingerprint density at radius 1 is 1.40 bits per heavy atom. The maximum absolute atomic E-state index is 10.9. The van der Waals surface area contributed by atoms with Gasteiger partial charge in [0.25, 0.3) is 0 Å². The number of aliphatic carboxylic acids is 1. The van der Waals surface area contributed by atoms with E-state index in [1.54, 1.807) is 13.8 Å². The van der Waals surface area contributed by atoms with Gasteiger partial charge in [-0.15, -0.1) is 0 Å². The summed E-state index contributed by atoms with van der Waals surface area (Å²) < 4.78 is 0. The zero-order valence-corrected chi connectivity index (χ0v) is 9.79. The van der Waals surface area contributed by atoms with E-state index in [-0.39, 0.29) is 0 Å². The largest absolute Gasteiger partial charge is 0.481 e. The lowest BCUT2D eigenvalue weighted by molar-refractivity contribution is -0.148. The highest BCUT2D eigenvalue weighted by molar-refractivity contribution is 5.73. The van der Waals surface area contributed by atoms with Gasteiger partial charge in [0.1, 0.15) is 0 Å². The lowest BCUT2D eigenvalue weighted by Crippen LogP contribution is -2.47. The number of rotatable bonds is 3. The van der Waals surface area contributed by atoms with Crippen LogP contribution in [-0.2, 0) is 4.79 Å². The highest BCUT2D eigenvalue weighted by atomic mass is 16.4. The van der Waals surface area contributed by atoms with Crippen molar-refractivity contribution in [1.29, 1.82) is 0 Å². The second kappa shape index (κ2) is 4.10. The summed E-state index contributed by atoms with van der Waals surface area (Å²) in [5, 5.41) is 18.8. The molecule has 1 fully saturated rings. The van der Waals surface area contributed by atoms with E-state index in [2.05, 4.69) is 4.90 Å². The molecule has 4 nitrogen and oxygen atoms in total. The van der Waals surface area contributed by atoms with E-state index >= 15 is 0 Å². The Morgan fingerprint density at radius 3 is 2.27 bits per heavy atom. The molecule has 0 atom stereocenters. The quantitative estimate of drug-likeness (QED) is 0.735. The predicted octanol–water partition coefficient (Wildman–Crippen LogP) is 0.944. The van der Waals surface area contributed by atoms with Gasteiger partial charge in [-0.1, -0.05) is 0 Å². The third kappa shape index (κ3) is 3.47. The van der Waals surface area contributed by atoms with Crippen LogP contribution >= 0.6 is 0 Å². The molecule has 0 aromatic carbocycles. The minimum absolute atomic E-state index is 0.554. The topological polar surface area (TPSA) is 60.8 Å². The van der Waals surface area contributed by atoms with Crippen molar-refractivity contribution < 1.29 is 15.0 Å². The van der Waals surface area contributed by atoms with E-state index in [1.807, 2.05) is 6.92 Å². The fraction of sp³-hybridized carbons (Fsp3) is 0.909. The summed E-state index contributed by atoms with van der Waals surface area (Å²) in [6.07, 6.45) is 1.45. The first-order valence-corrected chi connectivity index (χ1v) is 5.41. The standard InChI is InChI=1S/C11H21NO3/c1-10(2,9(13)14)8-12-6-4-11(3,15)5-7-12/h15H,4-8H2,1-3H3,(H,13,14). The second-order valence-electron chi connectivity index (χ2n) is 5.46. The van der Waals surface area contributed by atoms with E-state index in [0.29, 0.717) is 6.54 Å². The fourth-order valence-corrected chi connectivity index (χ4v) is 1.82. The molecular formula is C11H21NO3. The van der Waals surface area contributed by atoms with Gasteiger partial charge in [-0.25, -0.2) is 0 Å². The molecule has 1 aliphatic heterocycles. The summed E-state index contributed by atoms with van der Waals surface area (Å²) in [6, 6.07) is 0. The number of carboxylic acids is 1. The Balaban J connectivity index is 2.46. The van der Waals surface area contributed by atoms with Gasteiger partial charge in [0.15, 0.2) is 0 Å². The van der Waals surface area contributed by atoms with Crippen molar-refractivity contribution in [2.24, 2.45) is 5.41 Å². The Morgan fingerprint density at radius 2 is 1.87 bits per heavy atom. The molecule has 2 N–H and O–H groups in total. The first-order valence-electron chi connectivity index (χ1n) is 5.41. The second-order valence-corrected chi connectivity index (χ2v) is 5.46. The summed E-state index contributed by atoms with van der Waals surface area (Å²) in [7, 11) is 0. The Hall–Kier alpha value is -0.610. The highest BCUT2D eigenvalue weighted by Gasteiger charge is 2.33. The number of carboxylic acid groups (broad SMARTS) is 1. The molecule has 1 saturated heterocycles. The molecule has 88 valence electrons. The molecule has 0 radical (unpaired) electrons. The molecule has 0 spiro atoms. The lowest BCUT2D eigenvalue weighted by atomic mass is 9.89. The monoisotopic (exact) mass is 215 g/mol. The van der Waals surface area contributed by atoms with Gasteiger partial charge in [-0.05, 0) is 33.6 Å². The molecule has 1 heterocycles. The van der Waals surface area contributed by atoms with Crippen LogP contribution in [0, 0.1) is 5.41 Å². The molecule has 0 amide bonds. The smallest absolute Gasteiger partial charge is 0.310 e. The van der Waals surface area contributed by atoms with Crippen molar-refractivity contribution in [2.75, 3.05) is 19.6 Å². The van der Waals surface area contributed by atoms with Crippen molar-refractivity contribution in [3.63, 3.8) is 0 Å². The molecule has 1 aliphatic rings. The minimum atomic E-state index is -0.764. The van der Waals surface area contributed by atoms with Gasteiger partial charge in [0.05, 0.1) is 11.0 Å². The summed E-state index contributed by atoms with van der Waals surface area (Å²) in [5.74, 6) is -0.764. The van der Waals surface area contributed by atoms with Crippen LogP contribution in [0.2, 0.25) is 0 Å².